The Hall–Kier alpha value is -2.04. The van der Waals surface area contributed by atoms with Crippen LogP contribution in [-0.4, -0.2) is 26.0 Å². The van der Waals surface area contributed by atoms with E-state index in [1.54, 1.807) is 4.68 Å². The molecule has 0 aliphatic rings. The van der Waals surface area contributed by atoms with E-state index < -0.39 is 5.41 Å². The molecule has 100 valence electrons. The van der Waals surface area contributed by atoms with Gasteiger partial charge in [-0.1, -0.05) is 50.6 Å². The summed E-state index contributed by atoms with van der Waals surface area (Å²) in [6, 6.07) is 7.91. The van der Waals surface area contributed by atoms with E-state index in [2.05, 4.69) is 15.5 Å². The first kappa shape index (κ1) is 13.4. The fourth-order valence-corrected chi connectivity index (χ4v) is 1.59. The number of aromatic nitrogens is 4. The second kappa shape index (κ2) is 4.91. The first-order valence-electron chi connectivity index (χ1n) is 6.24. The minimum absolute atomic E-state index is 0.105. The largest absolute Gasteiger partial charge is 0.297 e. The third-order valence-electron chi connectivity index (χ3n) is 2.97. The maximum absolute atomic E-state index is 12.1. The molecule has 1 aromatic heterocycles. The molecular formula is C14H18N4O. The number of rotatable bonds is 3. The Balaban J connectivity index is 2.28. The highest BCUT2D eigenvalue weighted by molar-refractivity contribution is 5.83. The predicted octanol–water partition coefficient (Wildman–Crippen LogP) is 2.26. The molecular weight excluding hydrogens is 240 g/mol. The lowest BCUT2D eigenvalue weighted by molar-refractivity contribution is -0.127. The second-order valence-corrected chi connectivity index (χ2v) is 5.70. The number of carbonyl (C=O) groups excluding carboxylic acids is 1. The Morgan fingerprint density at radius 2 is 1.84 bits per heavy atom. The number of hydrogen-bond donors (Lipinski definition) is 0. The van der Waals surface area contributed by atoms with Gasteiger partial charge < -0.3 is 0 Å². The van der Waals surface area contributed by atoms with Gasteiger partial charge in [-0.15, -0.1) is 5.10 Å². The Bertz CT molecular complexity index is 578. The lowest BCUT2D eigenvalue weighted by Crippen LogP contribution is -2.25. The zero-order valence-corrected chi connectivity index (χ0v) is 11.7. The van der Waals surface area contributed by atoms with E-state index in [9.17, 15) is 4.79 Å². The number of carbonyl (C=O) groups is 1. The quantitative estimate of drug-likeness (QED) is 0.847. The van der Waals surface area contributed by atoms with Crippen molar-refractivity contribution in [3.05, 3.63) is 29.8 Å². The van der Waals surface area contributed by atoms with Gasteiger partial charge in [0.1, 0.15) is 6.54 Å². The highest BCUT2D eigenvalue weighted by atomic mass is 16.1. The van der Waals surface area contributed by atoms with Crippen molar-refractivity contribution in [2.75, 3.05) is 0 Å². The van der Waals surface area contributed by atoms with Crippen LogP contribution >= 0.6 is 0 Å². The molecule has 0 fully saturated rings. The highest BCUT2D eigenvalue weighted by Gasteiger charge is 2.23. The topological polar surface area (TPSA) is 60.7 Å². The SMILES string of the molecule is Cc1ccc(-c2nnnn2CC(=O)C(C)(C)C)cc1. The monoisotopic (exact) mass is 258 g/mol. The van der Waals surface area contributed by atoms with E-state index in [0.29, 0.717) is 5.82 Å². The smallest absolute Gasteiger partial charge is 0.182 e. The van der Waals surface area contributed by atoms with Crippen LogP contribution < -0.4 is 0 Å². The molecule has 5 heteroatoms. The summed E-state index contributed by atoms with van der Waals surface area (Å²) in [5, 5.41) is 11.6. The predicted molar refractivity (Wildman–Crippen MR) is 72.5 cm³/mol. The van der Waals surface area contributed by atoms with Gasteiger partial charge in [0, 0.05) is 11.0 Å². The number of aryl methyl sites for hydroxylation is 1. The molecule has 0 bridgehead atoms. The van der Waals surface area contributed by atoms with E-state index in [1.165, 1.54) is 5.56 Å². The number of Topliss-reactive ketones (excluding diaryl/α,β-unsaturated/α-hetero) is 1. The first-order valence-corrected chi connectivity index (χ1v) is 6.24. The van der Waals surface area contributed by atoms with Crippen molar-refractivity contribution in [2.45, 2.75) is 34.2 Å². The minimum Gasteiger partial charge on any atom is -0.297 e. The van der Waals surface area contributed by atoms with Crippen LogP contribution in [-0.2, 0) is 11.3 Å². The summed E-state index contributed by atoms with van der Waals surface area (Å²) < 4.78 is 1.55. The Kier molecular flexibility index (Phi) is 3.46. The third-order valence-corrected chi connectivity index (χ3v) is 2.97. The molecule has 0 spiro atoms. The molecule has 0 saturated carbocycles. The molecule has 0 saturated heterocycles. The van der Waals surface area contributed by atoms with Crippen molar-refractivity contribution < 1.29 is 4.79 Å². The third kappa shape index (κ3) is 3.05. The molecule has 0 radical (unpaired) electrons. The van der Waals surface area contributed by atoms with Crippen molar-refractivity contribution >= 4 is 5.78 Å². The molecule has 19 heavy (non-hydrogen) atoms. The molecule has 0 amide bonds. The van der Waals surface area contributed by atoms with Gasteiger partial charge in [-0.3, -0.25) is 4.79 Å². The fraction of sp³-hybridized carbons (Fsp3) is 0.429. The average molecular weight is 258 g/mol. The standard InChI is InChI=1S/C14H18N4O/c1-10-5-7-11(8-6-10)13-15-16-17-18(13)9-12(19)14(2,3)4/h5-8H,9H2,1-4H3. The van der Waals surface area contributed by atoms with Gasteiger partial charge in [0.15, 0.2) is 11.6 Å². The summed E-state index contributed by atoms with van der Waals surface area (Å²) in [5.41, 5.74) is 1.70. The molecule has 1 heterocycles. The zero-order valence-electron chi connectivity index (χ0n) is 11.7. The lowest BCUT2D eigenvalue weighted by Gasteiger charge is -2.16. The van der Waals surface area contributed by atoms with Crippen LogP contribution in [0.4, 0.5) is 0 Å². The summed E-state index contributed by atoms with van der Waals surface area (Å²) in [7, 11) is 0. The van der Waals surface area contributed by atoms with Gasteiger partial charge >= 0.3 is 0 Å². The van der Waals surface area contributed by atoms with Crippen LogP contribution in [0.1, 0.15) is 26.3 Å². The number of ketones is 1. The molecule has 1 aromatic carbocycles. The van der Waals surface area contributed by atoms with Gasteiger partial charge in [-0.25, -0.2) is 4.68 Å². The van der Waals surface area contributed by atoms with E-state index >= 15 is 0 Å². The van der Waals surface area contributed by atoms with Gasteiger partial charge in [-0.05, 0) is 17.4 Å². The molecule has 0 atom stereocenters. The maximum Gasteiger partial charge on any atom is 0.182 e. The average Bonchev–Trinajstić information content (AvgIpc) is 2.77. The normalized spacial score (nSPS) is 11.6. The van der Waals surface area contributed by atoms with Crippen molar-refractivity contribution in [1.29, 1.82) is 0 Å². The van der Waals surface area contributed by atoms with Crippen LogP contribution in [0, 0.1) is 12.3 Å². The Morgan fingerprint density at radius 1 is 1.21 bits per heavy atom. The number of hydrogen-bond acceptors (Lipinski definition) is 4. The lowest BCUT2D eigenvalue weighted by atomic mass is 9.91. The van der Waals surface area contributed by atoms with E-state index in [1.807, 2.05) is 52.0 Å². The van der Waals surface area contributed by atoms with Crippen molar-refractivity contribution in [3.63, 3.8) is 0 Å². The maximum atomic E-state index is 12.1. The van der Waals surface area contributed by atoms with E-state index in [0.717, 1.165) is 5.56 Å². The number of nitrogens with zero attached hydrogens (tertiary/aromatic N) is 4. The number of benzene rings is 1. The molecule has 0 aliphatic heterocycles. The van der Waals surface area contributed by atoms with Crippen LogP contribution in [0.25, 0.3) is 11.4 Å². The van der Waals surface area contributed by atoms with Crippen LogP contribution in [0.5, 0.6) is 0 Å². The molecule has 0 aliphatic carbocycles. The molecule has 2 aromatic rings. The Morgan fingerprint density at radius 3 is 2.42 bits per heavy atom. The van der Waals surface area contributed by atoms with Gasteiger partial charge in [-0.2, -0.15) is 0 Å². The minimum atomic E-state index is -0.392. The van der Waals surface area contributed by atoms with Crippen LogP contribution in [0.2, 0.25) is 0 Å². The van der Waals surface area contributed by atoms with Crippen LogP contribution in [0.3, 0.4) is 0 Å². The number of tetrazole rings is 1. The van der Waals surface area contributed by atoms with Gasteiger partial charge in [0.05, 0.1) is 0 Å². The molecule has 2 rings (SSSR count). The van der Waals surface area contributed by atoms with Crippen molar-refractivity contribution in [2.24, 2.45) is 5.41 Å². The second-order valence-electron chi connectivity index (χ2n) is 5.70. The highest BCUT2D eigenvalue weighted by Crippen LogP contribution is 2.19. The summed E-state index contributed by atoms with van der Waals surface area (Å²) in [6.45, 7) is 7.90. The summed E-state index contributed by atoms with van der Waals surface area (Å²) in [6.07, 6.45) is 0. The van der Waals surface area contributed by atoms with Gasteiger partial charge in [0.25, 0.3) is 0 Å². The zero-order chi connectivity index (χ0) is 14.0. The summed E-state index contributed by atoms with van der Waals surface area (Å²) in [4.78, 5) is 12.1. The van der Waals surface area contributed by atoms with Crippen molar-refractivity contribution in [1.82, 2.24) is 20.2 Å². The first-order chi connectivity index (χ1) is 8.88. The Labute approximate surface area is 112 Å². The molecule has 0 N–H and O–H groups in total. The van der Waals surface area contributed by atoms with E-state index in [-0.39, 0.29) is 12.3 Å². The van der Waals surface area contributed by atoms with Crippen molar-refractivity contribution in [3.8, 4) is 11.4 Å². The van der Waals surface area contributed by atoms with E-state index in [4.69, 9.17) is 0 Å². The summed E-state index contributed by atoms with van der Waals surface area (Å²) >= 11 is 0. The fourth-order valence-electron chi connectivity index (χ4n) is 1.59. The van der Waals surface area contributed by atoms with Crippen LogP contribution in [0.15, 0.2) is 24.3 Å². The summed E-state index contributed by atoms with van der Waals surface area (Å²) in [5.74, 6) is 0.728. The molecule has 5 nitrogen and oxygen atoms in total. The van der Waals surface area contributed by atoms with Gasteiger partial charge in [0.2, 0.25) is 0 Å². The molecule has 0 unspecified atom stereocenters.